The second kappa shape index (κ2) is 3.52. The molecule has 1 aliphatic rings. The van der Waals surface area contributed by atoms with Gasteiger partial charge in [-0.1, -0.05) is 32.4 Å². The van der Waals surface area contributed by atoms with Crippen LogP contribution in [0.1, 0.15) is 53.9 Å². The van der Waals surface area contributed by atoms with Crippen LogP contribution in [-0.2, 0) is 4.79 Å². The number of allylic oxidation sites excluding steroid dienone is 2. The monoisotopic (exact) mass is 194 g/mol. The summed E-state index contributed by atoms with van der Waals surface area (Å²) in [6.45, 7) is 10.3. The van der Waals surface area contributed by atoms with E-state index in [0.717, 1.165) is 19.3 Å². The van der Waals surface area contributed by atoms with Crippen molar-refractivity contribution >= 4 is 5.78 Å². The molecule has 0 aromatic rings. The highest BCUT2D eigenvalue weighted by Crippen LogP contribution is 2.53. The van der Waals surface area contributed by atoms with Gasteiger partial charge in [0.15, 0.2) is 0 Å². The average Bonchev–Trinajstić information content (AvgIpc) is 2.78. The molecule has 80 valence electrons. The molecule has 0 aromatic carbocycles. The number of carbonyl (C=O) groups is 1. The smallest absolute Gasteiger partial charge is 0.144 e. The van der Waals surface area contributed by atoms with Crippen LogP contribution in [0.25, 0.3) is 0 Å². The van der Waals surface area contributed by atoms with E-state index in [-0.39, 0.29) is 10.8 Å². The molecule has 1 nitrogen and oxygen atoms in total. The minimum Gasteiger partial charge on any atom is -0.298 e. The van der Waals surface area contributed by atoms with Gasteiger partial charge < -0.3 is 0 Å². The Kier molecular flexibility index (Phi) is 2.89. The molecule has 14 heavy (non-hydrogen) atoms. The third-order valence-electron chi connectivity index (χ3n) is 2.92. The molecule has 0 heterocycles. The zero-order valence-electron chi connectivity index (χ0n) is 10.1. The van der Waals surface area contributed by atoms with Crippen LogP contribution in [-0.4, -0.2) is 5.78 Å². The number of Topliss-reactive ketones (excluding diaryl/α,β-unsaturated/α-hetero) is 1. The van der Waals surface area contributed by atoms with Gasteiger partial charge in [0.2, 0.25) is 0 Å². The summed E-state index contributed by atoms with van der Waals surface area (Å²) < 4.78 is 0. The average molecular weight is 194 g/mol. The molecule has 0 saturated heterocycles. The van der Waals surface area contributed by atoms with Crippen molar-refractivity contribution in [2.45, 2.75) is 53.9 Å². The summed E-state index contributed by atoms with van der Waals surface area (Å²) in [6, 6.07) is 0. The Morgan fingerprint density at radius 1 is 1.29 bits per heavy atom. The van der Waals surface area contributed by atoms with Crippen molar-refractivity contribution < 1.29 is 4.79 Å². The van der Waals surface area contributed by atoms with Crippen molar-refractivity contribution in [2.24, 2.45) is 10.8 Å². The van der Waals surface area contributed by atoms with Gasteiger partial charge in [-0.2, -0.15) is 0 Å². The first-order valence-corrected chi connectivity index (χ1v) is 5.46. The molecule has 0 aromatic heterocycles. The number of carbonyl (C=O) groups excluding carboxylic acids is 1. The van der Waals surface area contributed by atoms with Crippen LogP contribution in [0, 0.1) is 10.8 Å². The van der Waals surface area contributed by atoms with E-state index in [9.17, 15) is 4.79 Å². The van der Waals surface area contributed by atoms with E-state index in [4.69, 9.17) is 0 Å². The first-order valence-electron chi connectivity index (χ1n) is 5.46. The van der Waals surface area contributed by atoms with Crippen LogP contribution in [0.3, 0.4) is 0 Å². The molecule has 1 saturated carbocycles. The normalized spacial score (nSPS) is 18.9. The summed E-state index contributed by atoms with van der Waals surface area (Å²) in [4.78, 5) is 12.1. The summed E-state index contributed by atoms with van der Waals surface area (Å²) in [5, 5.41) is 0. The van der Waals surface area contributed by atoms with Crippen molar-refractivity contribution in [3.8, 4) is 0 Å². The van der Waals surface area contributed by atoms with Crippen LogP contribution in [0.5, 0.6) is 0 Å². The van der Waals surface area contributed by atoms with E-state index < -0.39 is 0 Å². The van der Waals surface area contributed by atoms with Crippen molar-refractivity contribution in [2.75, 3.05) is 0 Å². The van der Waals surface area contributed by atoms with Crippen molar-refractivity contribution in [1.82, 2.24) is 0 Å². The topological polar surface area (TPSA) is 17.1 Å². The number of rotatable bonds is 3. The van der Waals surface area contributed by atoms with Gasteiger partial charge in [0.25, 0.3) is 0 Å². The van der Waals surface area contributed by atoms with Gasteiger partial charge in [0, 0.05) is 10.8 Å². The van der Waals surface area contributed by atoms with Gasteiger partial charge in [0.1, 0.15) is 5.78 Å². The lowest BCUT2D eigenvalue weighted by atomic mass is 9.79. The van der Waals surface area contributed by atoms with Crippen LogP contribution >= 0.6 is 0 Å². The Labute approximate surface area is 87.6 Å². The molecule has 0 bridgehead atoms. The highest BCUT2D eigenvalue weighted by atomic mass is 16.1. The molecular weight excluding hydrogens is 172 g/mol. The number of hydrogen-bond donors (Lipinski definition) is 0. The van der Waals surface area contributed by atoms with Gasteiger partial charge in [0.05, 0.1) is 0 Å². The lowest BCUT2D eigenvalue weighted by Gasteiger charge is -2.23. The van der Waals surface area contributed by atoms with Crippen LogP contribution < -0.4 is 0 Å². The minimum absolute atomic E-state index is 0.00944. The second-order valence-corrected chi connectivity index (χ2v) is 5.85. The van der Waals surface area contributed by atoms with E-state index in [2.05, 4.69) is 19.9 Å². The molecular formula is C13H22O. The minimum atomic E-state index is -0.175. The summed E-state index contributed by atoms with van der Waals surface area (Å²) >= 11 is 0. The van der Waals surface area contributed by atoms with E-state index in [0.29, 0.717) is 5.78 Å². The van der Waals surface area contributed by atoms with Crippen molar-refractivity contribution in [1.29, 1.82) is 0 Å². The second-order valence-electron chi connectivity index (χ2n) is 5.85. The molecule has 0 radical (unpaired) electrons. The third-order valence-corrected chi connectivity index (χ3v) is 2.92. The van der Waals surface area contributed by atoms with Crippen molar-refractivity contribution in [3.05, 3.63) is 11.6 Å². The van der Waals surface area contributed by atoms with Crippen molar-refractivity contribution in [3.63, 3.8) is 0 Å². The molecule has 0 amide bonds. The lowest BCUT2D eigenvalue weighted by molar-refractivity contribution is -0.131. The first kappa shape index (κ1) is 11.5. The van der Waals surface area contributed by atoms with Crippen LogP contribution in [0.15, 0.2) is 11.6 Å². The van der Waals surface area contributed by atoms with Gasteiger partial charge in [-0.3, -0.25) is 4.79 Å². The summed E-state index contributed by atoms with van der Waals surface area (Å²) in [5.74, 6) is 0.447. The predicted molar refractivity (Wildman–Crippen MR) is 60.2 cm³/mol. The Balaban J connectivity index is 2.68. The largest absolute Gasteiger partial charge is 0.298 e. The molecule has 1 rings (SSSR count). The van der Waals surface area contributed by atoms with Gasteiger partial charge in [-0.25, -0.2) is 0 Å². The van der Waals surface area contributed by atoms with Gasteiger partial charge in [-0.15, -0.1) is 0 Å². The lowest BCUT2D eigenvalue weighted by Crippen LogP contribution is -2.29. The number of ketones is 1. The SMILES string of the molecule is CC(C)=CCC1(C(=O)C(C)(C)C)CC1. The van der Waals surface area contributed by atoms with Gasteiger partial charge >= 0.3 is 0 Å². The highest BCUT2D eigenvalue weighted by molar-refractivity contribution is 5.91. The highest BCUT2D eigenvalue weighted by Gasteiger charge is 2.51. The molecule has 1 heteroatoms. The fraction of sp³-hybridized carbons (Fsp3) is 0.769. The molecule has 0 unspecified atom stereocenters. The molecule has 0 N–H and O–H groups in total. The van der Waals surface area contributed by atoms with Crippen LogP contribution in [0.4, 0.5) is 0 Å². The fourth-order valence-corrected chi connectivity index (χ4v) is 1.87. The maximum absolute atomic E-state index is 12.1. The van der Waals surface area contributed by atoms with E-state index in [1.165, 1.54) is 5.57 Å². The fourth-order valence-electron chi connectivity index (χ4n) is 1.87. The Bertz CT molecular complexity index is 257. The Morgan fingerprint density at radius 3 is 2.07 bits per heavy atom. The molecule has 1 fully saturated rings. The first-order chi connectivity index (χ1) is 6.28. The Hall–Kier alpha value is -0.590. The zero-order valence-corrected chi connectivity index (χ0v) is 10.1. The van der Waals surface area contributed by atoms with E-state index in [1.807, 2.05) is 20.8 Å². The molecule has 0 aliphatic heterocycles. The summed E-state index contributed by atoms with van der Waals surface area (Å²) in [7, 11) is 0. The summed E-state index contributed by atoms with van der Waals surface area (Å²) in [5.41, 5.74) is 1.15. The number of hydrogen-bond acceptors (Lipinski definition) is 1. The maximum Gasteiger partial charge on any atom is 0.144 e. The van der Waals surface area contributed by atoms with E-state index in [1.54, 1.807) is 0 Å². The van der Waals surface area contributed by atoms with Gasteiger partial charge in [-0.05, 0) is 33.1 Å². The molecule has 0 spiro atoms. The standard InChI is InChI=1S/C13H22O/c1-10(2)6-7-13(8-9-13)11(14)12(3,4)5/h6H,7-9H2,1-5H3. The quantitative estimate of drug-likeness (QED) is 0.625. The third kappa shape index (κ3) is 2.46. The van der Waals surface area contributed by atoms with Crippen LogP contribution in [0.2, 0.25) is 0 Å². The predicted octanol–water partition coefficient (Wildman–Crippen LogP) is 3.74. The maximum atomic E-state index is 12.1. The Morgan fingerprint density at radius 2 is 1.79 bits per heavy atom. The van der Waals surface area contributed by atoms with E-state index >= 15 is 0 Å². The molecule has 1 aliphatic carbocycles. The summed E-state index contributed by atoms with van der Waals surface area (Å²) in [6.07, 6.45) is 5.34. The zero-order chi connectivity index (χ0) is 11.0. The molecule has 0 atom stereocenters.